The number of benzene rings is 1. The van der Waals surface area contributed by atoms with Crippen molar-refractivity contribution in [2.24, 2.45) is 0 Å². The van der Waals surface area contributed by atoms with E-state index in [1.807, 2.05) is 36.7 Å². The van der Waals surface area contributed by atoms with Crippen molar-refractivity contribution in [2.45, 2.75) is 33.7 Å². The van der Waals surface area contributed by atoms with E-state index in [1.54, 1.807) is 7.11 Å². The van der Waals surface area contributed by atoms with Crippen LogP contribution in [0.5, 0.6) is 5.75 Å². The fourth-order valence-corrected chi connectivity index (χ4v) is 2.15. The molecule has 2 rings (SSSR count). The monoisotopic (exact) mass is 274 g/mol. The maximum Gasteiger partial charge on any atom is 0.152 e. The highest BCUT2D eigenvalue weighted by Gasteiger charge is 2.15. The summed E-state index contributed by atoms with van der Waals surface area (Å²) in [5.74, 6) is 1.71. The fourth-order valence-electron chi connectivity index (χ4n) is 2.15. The highest BCUT2D eigenvalue weighted by molar-refractivity contribution is 5.72. The highest BCUT2D eigenvalue weighted by atomic mass is 16.5. The van der Waals surface area contributed by atoms with E-state index in [0.29, 0.717) is 5.69 Å². The lowest BCUT2D eigenvalue weighted by atomic mass is 10.2. The molecular weight excluding hydrogens is 252 g/mol. The molecule has 2 aromatic rings. The van der Waals surface area contributed by atoms with Gasteiger partial charge in [-0.05, 0) is 51.5 Å². The van der Waals surface area contributed by atoms with Gasteiger partial charge in [0.05, 0.1) is 18.5 Å². The van der Waals surface area contributed by atoms with E-state index in [9.17, 15) is 0 Å². The molecule has 0 unspecified atom stereocenters. The number of hydrogen-bond acceptors (Lipinski definition) is 4. The van der Waals surface area contributed by atoms with Crippen LogP contribution in [0.1, 0.15) is 31.1 Å². The quantitative estimate of drug-likeness (QED) is 0.896. The van der Waals surface area contributed by atoms with Crippen LogP contribution in [0.3, 0.4) is 0 Å². The average molecular weight is 274 g/mol. The molecule has 1 heterocycles. The molecule has 5 nitrogen and oxygen atoms in total. The largest absolute Gasteiger partial charge is 0.496 e. The summed E-state index contributed by atoms with van der Waals surface area (Å²) < 4.78 is 7.18. The Bertz CT molecular complexity index is 617. The van der Waals surface area contributed by atoms with Crippen molar-refractivity contribution in [2.75, 3.05) is 18.2 Å². The predicted molar refractivity (Wildman–Crippen MR) is 82.8 cm³/mol. The molecule has 0 saturated carbocycles. The van der Waals surface area contributed by atoms with Gasteiger partial charge in [-0.1, -0.05) is 0 Å². The van der Waals surface area contributed by atoms with Gasteiger partial charge in [-0.15, -0.1) is 0 Å². The van der Waals surface area contributed by atoms with Gasteiger partial charge in [0.2, 0.25) is 0 Å². The number of methoxy groups -OCH3 is 1. The summed E-state index contributed by atoms with van der Waals surface area (Å²) in [5, 5.41) is 7.82. The molecule has 0 saturated heterocycles. The van der Waals surface area contributed by atoms with E-state index >= 15 is 0 Å². The van der Waals surface area contributed by atoms with E-state index in [1.165, 1.54) is 0 Å². The van der Waals surface area contributed by atoms with Gasteiger partial charge in [0, 0.05) is 11.7 Å². The van der Waals surface area contributed by atoms with E-state index in [-0.39, 0.29) is 6.04 Å². The Morgan fingerprint density at radius 3 is 2.55 bits per heavy atom. The number of nitrogens with one attached hydrogen (secondary N) is 1. The van der Waals surface area contributed by atoms with Crippen LogP contribution in [-0.4, -0.2) is 16.9 Å². The van der Waals surface area contributed by atoms with Gasteiger partial charge in [-0.2, -0.15) is 5.10 Å². The van der Waals surface area contributed by atoms with Gasteiger partial charge in [0.15, 0.2) is 5.82 Å². The van der Waals surface area contributed by atoms with Crippen LogP contribution in [0.2, 0.25) is 0 Å². The second-order valence-electron chi connectivity index (χ2n) is 5.20. The lowest BCUT2D eigenvalue weighted by Gasteiger charge is -2.14. The summed E-state index contributed by atoms with van der Waals surface area (Å²) in [4.78, 5) is 0. The Balaban J connectivity index is 2.37. The first kappa shape index (κ1) is 14.2. The zero-order valence-corrected chi connectivity index (χ0v) is 12.7. The standard InChI is InChI=1S/C15H22N4O/c1-9(2)19-15(14(16)11(4)18-19)17-12-6-7-13(20-5)10(3)8-12/h6-9,17H,16H2,1-5H3. The van der Waals surface area contributed by atoms with E-state index < -0.39 is 0 Å². The minimum absolute atomic E-state index is 0.243. The maximum absolute atomic E-state index is 6.11. The number of anilines is 3. The van der Waals surface area contributed by atoms with Crippen LogP contribution in [0.4, 0.5) is 17.2 Å². The Hall–Kier alpha value is -2.17. The van der Waals surface area contributed by atoms with Gasteiger partial charge in [0.25, 0.3) is 0 Å². The third-order valence-corrected chi connectivity index (χ3v) is 3.28. The van der Waals surface area contributed by atoms with Gasteiger partial charge in [-0.3, -0.25) is 0 Å². The Morgan fingerprint density at radius 1 is 1.30 bits per heavy atom. The zero-order chi connectivity index (χ0) is 14.9. The molecule has 0 radical (unpaired) electrons. The van der Waals surface area contributed by atoms with Crippen LogP contribution >= 0.6 is 0 Å². The Kier molecular flexibility index (Phi) is 3.88. The van der Waals surface area contributed by atoms with E-state index in [2.05, 4.69) is 24.3 Å². The molecule has 0 spiro atoms. The van der Waals surface area contributed by atoms with E-state index in [4.69, 9.17) is 10.5 Å². The molecule has 1 aromatic carbocycles. The average Bonchev–Trinajstić information content (AvgIpc) is 2.67. The number of aryl methyl sites for hydroxylation is 2. The number of hydrogen-bond donors (Lipinski definition) is 2. The first-order chi connectivity index (χ1) is 9.43. The second-order valence-corrected chi connectivity index (χ2v) is 5.20. The lowest BCUT2D eigenvalue weighted by Crippen LogP contribution is -2.08. The molecule has 0 fully saturated rings. The van der Waals surface area contributed by atoms with Crippen molar-refractivity contribution in [3.05, 3.63) is 29.5 Å². The summed E-state index contributed by atoms with van der Waals surface area (Å²) in [6.07, 6.45) is 0. The summed E-state index contributed by atoms with van der Waals surface area (Å²) in [6.45, 7) is 8.09. The number of rotatable bonds is 4. The van der Waals surface area contributed by atoms with Crippen molar-refractivity contribution < 1.29 is 4.74 Å². The molecule has 0 amide bonds. The molecule has 1 aromatic heterocycles. The smallest absolute Gasteiger partial charge is 0.152 e. The normalized spacial score (nSPS) is 10.9. The van der Waals surface area contributed by atoms with Crippen LogP contribution < -0.4 is 15.8 Å². The molecule has 0 aliphatic carbocycles. The van der Waals surface area contributed by atoms with Gasteiger partial charge >= 0.3 is 0 Å². The molecule has 0 aliphatic rings. The van der Waals surface area contributed by atoms with Crippen molar-refractivity contribution in [1.29, 1.82) is 0 Å². The van der Waals surface area contributed by atoms with Crippen LogP contribution in [-0.2, 0) is 0 Å². The molecule has 0 aliphatic heterocycles. The molecule has 5 heteroatoms. The Morgan fingerprint density at radius 2 is 2.00 bits per heavy atom. The zero-order valence-electron chi connectivity index (χ0n) is 12.7. The molecule has 0 atom stereocenters. The van der Waals surface area contributed by atoms with Gasteiger partial charge < -0.3 is 15.8 Å². The third-order valence-electron chi connectivity index (χ3n) is 3.28. The highest BCUT2D eigenvalue weighted by Crippen LogP contribution is 2.30. The minimum atomic E-state index is 0.243. The summed E-state index contributed by atoms with van der Waals surface area (Å²) in [7, 11) is 1.67. The van der Waals surface area contributed by atoms with Crippen LogP contribution in [0, 0.1) is 13.8 Å². The van der Waals surface area contributed by atoms with Gasteiger partial charge in [0.1, 0.15) is 5.75 Å². The fraction of sp³-hybridized carbons (Fsp3) is 0.400. The molecular formula is C15H22N4O. The van der Waals surface area contributed by atoms with Crippen molar-refractivity contribution >= 4 is 17.2 Å². The van der Waals surface area contributed by atoms with Crippen LogP contribution in [0.25, 0.3) is 0 Å². The number of nitrogen functional groups attached to an aromatic ring is 1. The van der Waals surface area contributed by atoms with Crippen molar-refractivity contribution in [1.82, 2.24) is 9.78 Å². The summed E-state index contributed by atoms with van der Waals surface area (Å²) in [6, 6.07) is 6.19. The van der Waals surface area contributed by atoms with E-state index in [0.717, 1.165) is 28.5 Å². The van der Waals surface area contributed by atoms with Crippen LogP contribution in [0.15, 0.2) is 18.2 Å². The molecule has 0 bridgehead atoms. The third kappa shape index (κ3) is 2.57. The number of nitrogens with two attached hydrogens (primary N) is 1. The number of nitrogens with zero attached hydrogens (tertiary/aromatic N) is 2. The minimum Gasteiger partial charge on any atom is -0.496 e. The van der Waals surface area contributed by atoms with Crippen molar-refractivity contribution in [3.63, 3.8) is 0 Å². The first-order valence-corrected chi connectivity index (χ1v) is 6.70. The Labute approximate surface area is 119 Å². The first-order valence-electron chi connectivity index (χ1n) is 6.70. The molecule has 108 valence electrons. The van der Waals surface area contributed by atoms with Crippen molar-refractivity contribution in [3.8, 4) is 5.75 Å². The lowest BCUT2D eigenvalue weighted by molar-refractivity contribution is 0.412. The molecule has 20 heavy (non-hydrogen) atoms. The number of aromatic nitrogens is 2. The molecule has 3 N–H and O–H groups in total. The number of ether oxygens (including phenoxy) is 1. The second kappa shape index (κ2) is 5.45. The summed E-state index contributed by atoms with van der Waals surface area (Å²) in [5.41, 5.74) is 9.68. The predicted octanol–water partition coefficient (Wildman–Crippen LogP) is 3.42. The topological polar surface area (TPSA) is 65.1 Å². The van der Waals surface area contributed by atoms with Gasteiger partial charge in [-0.25, -0.2) is 4.68 Å². The summed E-state index contributed by atoms with van der Waals surface area (Å²) >= 11 is 0. The SMILES string of the molecule is COc1ccc(Nc2c(N)c(C)nn2C(C)C)cc1C. The maximum atomic E-state index is 6.11.